The van der Waals surface area contributed by atoms with Crippen LogP contribution in [0, 0.1) is 0 Å². The van der Waals surface area contributed by atoms with E-state index in [0.29, 0.717) is 24.5 Å². The number of anilines is 2. The van der Waals surface area contributed by atoms with E-state index in [4.69, 9.17) is 9.15 Å². The summed E-state index contributed by atoms with van der Waals surface area (Å²) in [6.45, 7) is 7.51. The van der Waals surface area contributed by atoms with Crippen LogP contribution >= 0.6 is 0 Å². The van der Waals surface area contributed by atoms with Crippen LogP contribution in [0.15, 0.2) is 28.7 Å². The van der Waals surface area contributed by atoms with Crippen LogP contribution < -0.4 is 15.4 Å². The van der Waals surface area contributed by atoms with Gasteiger partial charge in [-0.25, -0.2) is 0 Å². The smallest absolute Gasteiger partial charge is 0.320 e. The van der Waals surface area contributed by atoms with Gasteiger partial charge in [0.15, 0.2) is 0 Å². The third kappa shape index (κ3) is 5.07. The van der Waals surface area contributed by atoms with Crippen molar-refractivity contribution in [2.24, 2.45) is 0 Å². The average molecular weight is 290 g/mol. The van der Waals surface area contributed by atoms with Crippen molar-refractivity contribution in [3.05, 3.63) is 30.2 Å². The summed E-state index contributed by atoms with van der Waals surface area (Å²) in [5, 5.41) is 14.2. The number of rotatable bonds is 8. The molecule has 0 fully saturated rings. The highest BCUT2D eigenvalue weighted by Gasteiger charge is 2.06. The molecule has 0 radical (unpaired) electrons. The van der Waals surface area contributed by atoms with Crippen molar-refractivity contribution >= 4 is 11.7 Å². The molecule has 21 heavy (non-hydrogen) atoms. The number of nitrogens with one attached hydrogen (secondary N) is 2. The van der Waals surface area contributed by atoms with E-state index < -0.39 is 0 Å². The lowest BCUT2D eigenvalue weighted by Crippen LogP contribution is -2.21. The summed E-state index contributed by atoms with van der Waals surface area (Å²) >= 11 is 0. The number of benzene rings is 1. The van der Waals surface area contributed by atoms with Gasteiger partial charge < -0.3 is 19.8 Å². The minimum absolute atomic E-state index is 0.379. The fourth-order valence-corrected chi connectivity index (χ4v) is 1.64. The van der Waals surface area contributed by atoms with E-state index in [0.717, 1.165) is 24.5 Å². The molecule has 0 spiro atoms. The standard InChI is InChI=1S/C15H22N4O2/c1-4-9-20-13-7-5-12(6-8-13)17-15-19-18-14(21-15)10-16-11(2)3/h5-8,11,16H,4,9-10H2,1-3H3,(H,17,19). The van der Waals surface area contributed by atoms with E-state index in [1.807, 2.05) is 24.3 Å². The van der Waals surface area contributed by atoms with Gasteiger partial charge >= 0.3 is 6.01 Å². The molecule has 2 rings (SSSR count). The van der Waals surface area contributed by atoms with Crippen LogP contribution in [0.25, 0.3) is 0 Å². The summed E-state index contributed by atoms with van der Waals surface area (Å²) in [5.74, 6) is 1.42. The Morgan fingerprint density at radius 2 is 1.95 bits per heavy atom. The van der Waals surface area contributed by atoms with Crippen molar-refractivity contribution in [2.75, 3.05) is 11.9 Å². The second-order valence-electron chi connectivity index (χ2n) is 5.03. The molecule has 2 aromatic rings. The maximum atomic E-state index is 5.53. The van der Waals surface area contributed by atoms with Crippen LogP contribution in [0.5, 0.6) is 5.75 Å². The predicted molar refractivity (Wildman–Crippen MR) is 81.8 cm³/mol. The highest BCUT2D eigenvalue weighted by atomic mass is 16.5. The van der Waals surface area contributed by atoms with Gasteiger partial charge in [-0.3, -0.25) is 0 Å². The Morgan fingerprint density at radius 3 is 2.62 bits per heavy atom. The first kappa shape index (κ1) is 15.3. The van der Waals surface area contributed by atoms with Gasteiger partial charge in [0.25, 0.3) is 0 Å². The van der Waals surface area contributed by atoms with E-state index in [1.165, 1.54) is 0 Å². The van der Waals surface area contributed by atoms with Crippen molar-refractivity contribution in [1.29, 1.82) is 0 Å². The van der Waals surface area contributed by atoms with Crippen LogP contribution in [0.3, 0.4) is 0 Å². The van der Waals surface area contributed by atoms with Gasteiger partial charge in [-0.15, -0.1) is 5.10 Å². The largest absolute Gasteiger partial charge is 0.494 e. The molecular weight excluding hydrogens is 268 g/mol. The van der Waals surface area contributed by atoms with Gasteiger partial charge in [-0.1, -0.05) is 25.9 Å². The lowest BCUT2D eigenvalue weighted by atomic mass is 10.3. The van der Waals surface area contributed by atoms with Crippen LogP contribution in [-0.4, -0.2) is 22.8 Å². The Morgan fingerprint density at radius 1 is 1.19 bits per heavy atom. The molecule has 0 unspecified atom stereocenters. The third-order valence-electron chi connectivity index (χ3n) is 2.71. The summed E-state index contributed by atoms with van der Waals surface area (Å²) in [7, 11) is 0. The van der Waals surface area contributed by atoms with E-state index in [1.54, 1.807) is 0 Å². The van der Waals surface area contributed by atoms with Crippen molar-refractivity contribution in [2.45, 2.75) is 39.8 Å². The zero-order valence-corrected chi connectivity index (χ0v) is 12.7. The topological polar surface area (TPSA) is 72.2 Å². The van der Waals surface area contributed by atoms with Gasteiger partial charge in [0.1, 0.15) is 5.75 Å². The maximum absolute atomic E-state index is 5.53. The highest BCUT2D eigenvalue weighted by molar-refractivity contribution is 5.53. The number of hydrogen-bond donors (Lipinski definition) is 2. The van der Waals surface area contributed by atoms with Crippen LogP contribution in [-0.2, 0) is 6.54 Å². The fourth-order valence-electron chi connectivity index (χ4n) is 1.64. The molecular formula is C15H22N4O2. The molecule has 1 aromatic carbocycles. The molecule has 0 saturated heterocycles. The Hall–Kier alpha value is -2.08. The van der Waals surface area contributed by atoms with Gasteiger partial charge in [0.2, 0.25) is 5.89 Å². The summed E-state index contributed by atoms with van der Waals surface area (Å²) in [6, 6.07) is 8.43. The highest BCUT2D eigenvalue weighted by Crippen LogP contribution is 2.19. The second-order valence-corrected chi connectivity index (χ2v) is 5.03. The molecule has 6 nitrogen and oxygen atoms in total. The molecule has 2 N–H and O–H groups in total. The Bertz CT molecular complexity index is 537. The molecule has 0 bridgehead atoms. The molecule has 0 atom stereocenters. The quantitative estimate of drug-likeness (QED) is 0.778. The lowest BCUT2D eigenvalue weighted by Gasteiger charge is -2.06. The summed E-state index contributed by atoms with van der Waals surface area (Å²) in [5.41, 5.74) is 0.880. The first-order valence-electron chi connectivity index (χ1n) is 7.23. The molecule has 0 aliphatic rings. The van der Waals surface area contributed by atoms with Crippen molar-refractivity contribution in [1.82, 2.24) is 15.5 Å². The lowest BCUT2D eigenvalue weighted by molar-refractivity contribution is 0.317. The molecule has 0 saturated carbocycles. The van der Waals surface area contributed by atoms with Gasteiger partial charge in [-0.05, 0) is 30.7 Å². The average Bonchev–Trinajstić information content (AvgIpc) is 2.92. The Kier molecular flexibility index (Phi) is 5.57. The van der Waals surface area contributed by atoms with Crippen molar-refractivity contribution in [3.63, 3.8) is 0 Å². The van der Waals surface area contributed by atoms with Gasteiger partial charge in [-0.2, -0.15) is 0 Å². The number of ether oxygens (including phenoxy) is 1. The SMILES string of the molecule is CCCOc1ccc(Nc2nnc(CNC(C)C)o2)cc1. The maximum Gasteiger partial charge on any atom is 0.320 e. The molecule has 0 aliphatic carbocycles. The Labute approximate surface area is 124 Å². The number of aromatic nitrogens is 2. The molecule has 6 heteroatoms. The molecule has 1 aromatic heterocycles. The van der Waals surface area contributed by atoms with E-state index >= 15 is 0 Å². The third-order valence-corrected chi connectivity index (χ3v) is 2.71. The van der Waals surface area contributed by atoms with E-state index in [9.17, 15) is 0 Å². The molecule has 0 amide bonds. The molecule has 114 valence electrons. The number of hydrogen-bond acceptors (Lipinski definition) is 6. The summed E-state index contributed by atoms with van der Waals surface area (Å²) < 4.78 is 11.0. The summed E-state index contributed by atoms with van der Waals surface area (Å²) in [4.78, 5) is 0. The van der Waals surface area contributed by atoms with E-state index in [-0.39, 0.29) is 0 Å². The first-order valence-corrected chi connectivity index (χ1v) is 7.23. The zero-order chi connectivity index (χ0) is 15.1. The summed E-state index contributed by atoms with van der Waals surface area (Å²) in [6.07, 6.45) is 0.995. The molecule has 0 aliphatic heterocycles. The number of nitrogens with zero attached hydrogens (tertiary/aromatic N) is 2. The second kappa shape index (κ2) is 7.64. The van der Waals surface area contributed by atoms with Crippen LogP contribution in [0.2, 0.25) is 0 Å². The van der Waals surface area contributed by atoms with Crippen molar-refractivity contribution < 1.29 is 9.15 Å². The predicted octanol–water partition coefficient (Wildman–Crippen LogP) is 3.10. The van der Waals surface area contributed by atoms with Crippen molar-refractivity contribution in [3.8, 4) is 5.75 Å². The van der Waals surface area contributed by atoms with Gasteiger partial charge in [0.05, 0.1) is 13.2 Å². The first-order chi connectivity index (χ1) is 10.2. The minimum Gasteiger partial charge on any atom is -0.494 e. The Balaban J connectivity index is 1.89. The fraction of sp³-hybridized carbons (Fsp3) is 0.467. The van der Waals surface area contributed by atoms with E-state index in [2.05, 4.69) is 41.6 Å². The monoisotopic (exact) mass is 290 g/mol. The molecule has 1 heterocycles. The van der Waals surface area contributed by atoms with Gasteiger partial charge in [0, 0.05) is 11.7 Å². The van der Waals surface area contributed by atoms with Crippen LogP contribution in [0.1, 0.15) is 33.1 Å². The minimum atomic E-state index is 0.379. The van der Waals surface area contributed by atoms with Crippen LogP contribution in [0.4, 0.5) is 11.7 Å². The zero-order valence-electron chi connectivity index (χ0n) is 12.7. The normalized spacial score (nSPS) is 10.9.